The third kappa shape index (κ3) is 5.92. The van der Waals surface area contributed by atoms with Crippen molar-refractivity contribution in [3.05, 3.63) is 36.4 Å². The molecule has 0 fully saturated rings. The number of nitrogens with zero attached hydrogens (tertiary/aromatic N) is 3. The Hall–Kier alpha value is -2.81. The van der Waals surface area contributed by atoms with Crippen molar-refractivity contribution in [3.63, 3.8) is 0 Å². The summed E-state index contributed by atoms with van der Waals surface area (Å²) in [5, 5.41) is 10.5. The molecule has 0 aliphatic heterocycles. The van der Waals surface area contributed by atoms with Crippen molar-refractivity contribution >= 4 is 36.5 Å². The summed E-state index contributed by atoms with van der Waals surface area (Å²) in [4.78, 5) is 24.9. The molecule has 0 spiro atoms. The molecule has 2 aromatic rings. The fourth-order valence-electron chi connectivity index (χ4n) is 1.87. The van der Waals surface area contributed by atoms with Gasteiger partial charge in [0.05, 0.1) is 0 Å². The van der Waals surface area contributed by atoms with Crippen molar-refractivity contribution in [2.75, 3.05) is 24.3 Å². The summed E-state index contributed by atoms with van der Waals surface area (Å²) in [5.41, 5.74) is 11.6. The number of aromatic nitrogens is 1. The van der Waals surface area contributed by atoms with E-state index in [9.17, 15) is 14.3 Å². The third-order valence-corrected chi connectivity index (χ3v) is 3.48. The maximum absolute atomic E-state index is 11.5. The fraction of sp³-hybridized carbons (Fsp3) is 0.200. The Morgan fingerprint density at radius 3 is 2.62 bits per heavy atom. The first-order valence-corrected chi connectivity index (χ1v) is 9.58. The summed E-state index contributed by atoms with van der Waals surface area (Å²) >= 11 is 0. The molecule has 1 atom stereocenters. The van der Waals surface area contributed by atoms with Crippen molar-refractivity contribution in [1.82, 2.24) is 4.98 Å². The van der Waals surface area contributed by atoms with Gasteiger partial charge in [0.25, 0.3) is 0 Å². The van der Waals surface area contributed by atoms with Gasteiger partial charge < -0.3 is 26.2 Å². The molecule has 1 unspecified atom stereocenters. The molecule has 2 rings (SSSR count). The maximum atomic E-state index is 11.5. The molecule has 11 heteroatoms. The Morgan fingerprint density at radius 2 is 1.96 bits per heavy atom. The number of amides is 1. The Balaban J connectivity index is 2.19. The number of carbonyl (C=O) groups is 1. The van der Waals surface area contributed by atoms with E-state index >= 15 is 0 Å². The van der Waals surface area contributed by atoms with E-state index in [2.05, 4.69) is 20.5 Å². The Bertz CT molecular complexity index is 867. The molecule has 0 bridgehead atoms. The average molecular weight is 378 g/mol. The first-order chi connectivity index (χ1) is 12.3. The molecular formula is C15H19N6O4P. The van der Waals surface area contributed by atoms with E-state index in [1.807, 2.05) is 0 Å². The van der Waals surface area contributed by atoms with Crippen LogP contribution in [0.25, 0.3) is 0 Å². The van der Waals surface area contributed by atoms with Crippen LogP contribution in [0, 0.1) is 0 Å². The van der Waals surface area contributed by atoms with Crippen LogP contribution in [-0.4, -0.2) is 29.0 Å². The van der Waals surface area contributed by atoms with E-state index in [4.69, 9.17) is 16.0 Å². The largest absolute Gasteiger partial charge is 0.422 e. The summed E-state index contributed by atoms with van der Waals surface area (Å²) < 4.78 is 16.4. The van der Waals surface area contributed by atoms with Crippen molar-refractivity contribution in [1.29, 1.82) is 0 Å². The minimum Gasteiger partial charge on any atom is -0.422 e. The fourth-order valence-corrected chi connectivity index (χ4v) is 2.38. The summed E-state index contributed by atoms with van der Waals surface area (Å²) in [7, 11) is -3.73. The smallest absolute Gasteiger partial charge is 0.373 e. The molecule has 0 saturated heterocycles. The Kier molecular flexibility index (Phi) is 6.40. The van der Waals surface area contributed by atoms with Crippen molar-refractivity contribution in [3.8, 4) is 5.75 Å². The van der Waals surface area contributed by atoms with Gasteiger partial charge in [-0.15, -0.1) is 10.2 Å². The zero-order chi connectivity index (χ0) is 19.2. The molecule has 1 heterocycles. The van der Waals surface area contributed by atoms with Gasteiger partial charge in [0.1, 0.15) is 17.2 Å². The summed E-state index contributed by atoms with van der Waals surface area (Å²) in [6, 6.07) is 9.44. The topological polar surface area (TPSA) is 165 Å². The van der Waals surface area contributed by atoms with Gasteiger partial charge in [-0.1, -0.05) is 12.1 Å². The van der Waals surface area contributed by atoms with Gasteiger partial charge in [-0.2, -0.15) is 0 Å². The zero-order valence-corrected chi connectivity index (χ0v) is 14.9. The number of benzene rings is 1. The number of anilines is 2. The van der Waals surface area contributed by atoms with E-state index in [0.29, 0.717) is 0 Å². The average Bonchev–Trinajstić information content (AvgIpc) is 2.54. The highest BCUT2D eigenvalue weighted by Crippen LogP contribution is 2.42. The number of hydrogen-bond acceptors (Lipinski definition) is 8. The van der Waals surface area contributed by atoms with Gasteiger partial charge in [-0.25, -0.2) is 9.55 Å². The monoisotopic (exact) mass is 378 g/mol. The second-order valence-corrected chi connectivity index (χ2v) is 7.04. The third-order valence-electron chi connectivity index (χ3n) is 2.94. The van der Waals surface area contributed by atoms with Crippen LogP contribution >= 0.6 is 7.60 Å². The van der Waals surface area contributed by atoms with E-state index in [0.717, 1.165) is 6.66 Å². The molecule has 1 aromatic heterocycles. The van der Waals surface area contributed by atoms with Crippen LogP contribution in [0.1, 0.15) is 6.42 Å². The van der Waals surface area contributed by atoms with Crippen LogP contribution < -0.4 is 21.3 Å². The summed E-state index contributed by atoms with van der Waals surface area (Å²) in [5.74, 6) is 0.173. The number of pyridine rings is 1. The van der Waals surface area contributed by atoms with Crippen LogP contribution in [0.15, 0.2) is 46.6 Å². The highest BCUT2D eigenvalue weighted by atomic mass is 31.2. The van der Waals surface area contributed by atoms with Crippen LogP contribution in [0.3, 0.4) is 0 Å². The molecule has 138 valence electrons. The molecule has 0 aliphatic carbocycles. The SMILES string of the molecule is CP(=O)(O)Oc1ccccc1N=Nc1ccc(NC(=O)CCN)nc1N. The zero-order valence-electron chi connectivity index (χ0n) is 14.0. The van der Waals surface area contributed by atoms with E-state index < -0.39 is 7.60 Å². The van der Waals surface area contributed by atoms with Crippen molar-refractivity contribution < 1.29 is 18.8 Å². The minimum atomic E-state index is -3.73. The number of azo groups is 1. The molecular weight excluding hydrogens is 359 g/mol. The quantitative estimate of drug-likeness (QED) is 0.424. The number of rotatable bonds is 7. The molecule has 1 amide bonds. The van der Waals surface area contributed by atoms with Gasteiger partial charge in [0.2, 0.25) is 5.91 Å². The lowest BCUT2D eigenvalue weighted by Gasteiger charge is -2.10. The normalized spacial score (nSPS) is 13.3. The predicted octanol–water partition coefficient (Wildman–Crippen LogP) is 2.56. The van der Waals surface area contributed by atoms with Gasteiger partial charge in [0.15, 0.2) is 11.6 Å². The van der Waals surface area contributed by atoms with Gasteiger partial charge in [0, 0.05) is 19.6 Å². The van der Waals surface area contributed by atoms with E-state index in [-0.39, 0.29) is 47.6 Å². The molecule has 0 saturated carbocycles. The lowest BCUT2D eigenvalue weighted by atomic mass is 10.3. The van der Waals surface area contributed by atoms with Gasteiger partial charge >= 0.3 is 7.60 Å². The number of carbonyl (C=O) groups excluding carboxylic acids is 1. The molecule has 26 heavy (non-hydrogen) atoms. The number of nitrogen functional groups attached to an aromatic ring is 1. The molecule has 0 radical (unpaired) electrons. The first-order valence-electron chi connectivity index (χ1n) is 7.55. The molecule has 6 N–H and O–H groups in total. The van der Waals surface area contributed by atoms with E-state index in [1.54, 1.807) is 18.2 Å². The predicted molar refractivity (Wildman–Crippen MR) is 97.9 cm³/mol. The maximum Gasteiger partial charge on any atom is 0.373 e. The molecule has 10 nitrogen and oxygen atoms in total. The number of hydrogen-bond donors (Lipinski definition) is 4. The van der Waals surface area contributed by atoms with E-state index in [1.165, 1.54) is 18.2 Å². The standard InChI is InChI=1S/C15H19N6O4P/c1-26(23,24)25-12-5-3-2-4-10(12)20-21-11-6-7-13(19-15(11)17)18-14(22)8-9-16/h2-7H,8-9,16H2,1H3,(H,23,24)(H3,17,18,19,22). The van der Waals surface area contributed by atoms with Crippen LogP contribution in [-0.2, 0) is 9.36 Å². The molecule has 0 aliphatic rings. The minimum absolute atomic E-state index is 0.0565. The Morgan fingerprint density at radius 1 is 1.27 bits per heavy atom. The van der Waals surface area contributed by atoms with Crippen LogP contribution in [0.5, 0.6) is 5.75 Å². The lowest BCUT2D eigenvalue weighted by molar-refractivity contribution is -0.116. The number of para-hydroxylation sites is 1. The number of nitrogens with two attached hydrogens (primary N) is 2. The summed E-state index contributed by atoms with van der Waals surface area (Å²) in [6.45, 7) is 1.30. The lowest BCUT2D eigenvalue weighted by Crippen LogP contribution is -2.17. The second kappa shape index (κ2) is 8.52. The number of nitrogens with one attached hydrogen (secondary N) is 1. The highest BCUT2D eigenvalue weighted by molar-refractivity contribution is 7.52. The highest BCUT2D eigenvalue weighted by Gasteiger charge is 2.14. The Labute approximate surface area is 149 Å². The van der Waals surface area contributed by atoms with Crippen molar-refractivity contribution in [2.24, 2.45) is 16.0 Å². The van der Waals surface area contributed by atoms with Gasteiger partial charge in [-0.05, 0) is 24.3 Å². The van der Waals surface area contributed by atoms with Crippen LogP contribution in [0.4, 0.5) is 23.0 Å². The second-order valence-electron chi connectivity index (χ2n) is 5.25. The molecule has 1 aromatic carbocycles. The van der Waals surface area contributed by atoms with Crippen molar-refractivity contribution in [2.45, 2.75) is 6.42 Å². The van der Waals surface area contributed by atoms with Gasteiger partial charge in [-0.3, -0.25) is 4.79 Å². The van der Waals surface area contributed by atoms with Crippen LogP contribution in [0.2, 0.25) is 0 Å². The first kappa shape index (κ1) is 19.5. The summed E-state index contributed by atoms with van der Waals surface area (Å²) in [6.07, 6.45) is 0.173.